The minimum Gasteiger partial charge on any atom is -0.390 e. The highest BCUT2D eigenvalue weighted by Crippen LogP contribution is 2.44. The monoisotopic (exact) mass is 807 g/mol. The Morgan fingerprint density at radius 1 is 0.949 bits per heavy atom. The van der Waals surface area contributed by atoms with E-state index in [2.05, 4.69) is 20.3 Å². The van der Waals surface area contributed by atoms with E-state index in [-0.39, 0.29) is 36.3 Å². The minimum atomic E-state index is -0.838. The largest absolute Gasteiger partial charge is 0.390 e. The summed E-state index contributed by atoms with van der Waals surface area (Å²) in [7, 11) is 3.36. The molecule has 0 aliphatic carbocycles. The number of fused-ring (bicyclic) bond motifs is 8. The quantitative estimate of drug-likeness (QED) is 0.237. The van der Waals surface area contributed by atoms with Crippen molar-refractivity contribution in [3.8, 4) is 16.9 Å². The fraction of sp³-hybridized carbons (Fsp3) is 0.429. The molecule has 0 radical (unpaired) electrons. The van der Waals surface area contributed by atoms with Gasteiger partial charge in [0.05, 0.1) is 46.6 Å². The molecule has 4 aromatic heterocycles. The summed E-state index contributed by atoms with van der Waals surface area (Å²) in [5.74, 6) is -0.0739. The number of amides is 1. The van der Waals surface area contributed by atoms with Gasteiger partial charge < -0.3 is 34.4 Å². The molecule has 1 amide bonds. The minimum absolute atomic E-state index is 0.0136. The summed E-state index contributed by atoms with van der Waals surface area (Å²) in [4.78, 5) is 40.5. The molecule has 59 heavy (non-hydrogen) atoms. The van der Waals surface area contributed by atoms with Gasteiger partial charge in [-0.05, 0) is 76.3 Å². The average Bonchev–Trinajstić information content (AvgIpc) is 3.95. The van der Waals surface area contributed by atoms with Crippen molar-refractivity contribution in [2.45, 2.75) is 88.4 Å². The van der Waals surface area contributed by atoms with Gasteiger partial charge in [-0.3, -0.25) is 4.79 Å². The fourth-order valence-corrected chi connectivity index (χ4v) is 9.94. The summed E-state index contributed by atoms with van der Waals surface area (Å²) < 4.78 is 54.0. The van der Waals surface area contributed by atoms with Crippen LogP contribution < -0.4 is 15.1 Å². The lowest BCUT2D eigenvalue weighted by molar-refractivity contribution is -0.132. The van der Waals surface area contributed by atoms with Crippen molar-refractivity contribution >= 4 is 45.6 Å². The summed E-state index contributed by atoms with van der Waals surface area (Å²) in [5.41, 5.74) is 1.84. The molecule has 306 valence electrons. The maximum Gasteiger partial charge on any atom is 0.245 e. The Kier molecular flexibility index (Phi) is 8.83. The number of pyridine rings is 1. The molecule has 2 aromatic carbocycles. The Morgan fingerprint density at radius 2 is 1.75 bits per heavy atom. The molecule has 8 heterocycles. The number of ether oxygens (including phenoxy) is 1. The Balaban J connectivity index is 1.11. The van der Waals surface area contributed by atoms with E-state index in [1.807, 2.05) is 41.5 Å². The van der Waals surface area contributed by atoms with Crippen LogP contribution in [0.15, 0.2) is 54.7 Å². The van der Waals surface area contributed by atoms with Gasteiger partial charge in [-0.1, -0.05) is 6.07 Å². The topological polar surface area (TPSA) is 143 Å². The molecule has 6 aromatic rings. The van der Waals surface area contributed by atoms with E-state index in [0.29, 0.717) is 83.6 Å². The van der Waals surface area contributed by atoms with E-state index in [1.165, 1.54) is 28.9 Å². The highest BCUT2D eigenvalue weighted by molar-refractivity contribution is 5.94. The first-order chi connectivity index (χ1) is 28.3. The molecule has 4 aliphatic rings. The van der Waals surface area contributed by atoms with Crippen LogP contribution in [0, 0.1) is 24.4 Å². The number of aryl methyl sites for hydroxylation is 1. The van der Waals surface area contributed by atoms with Crippen LogP contribution in [0.2, 0.25) is 0 Å². The number of imidazole rings is 1. The maximum absolute atomic E-state index is 15.4. The number of halogens is 3. The number of aromatic nitrogens is 7. The first kappa shape index (κ1) is 37.5. The van der Waals surface area contributed by atoms with E-state index < -0.39 is 35.2 Å². The number of anilines is 3. The van der Waals surface area contributed by atoms with E-state index >= 15 is 8.78 Å². The summed E-state index contributed by atoms with van der Waals surface area (Å²) in [6.45, 7) is 4.62. The second-order valence-electron chi connectivity index (χ2n) is 16.8. The van der Waals surface area contributed by atoms with Crippen LogP contribution >= 0.6 is 0 Å². The number of carbonyl (C=O) groups is 1. The maximum atomic E-state index is 15.4. The molecule has 0 saturated carbocycles. The lowest BCUT2D eigenvalue weighted by Gasteiger charge is -2.42. The fourth-order valence-electron chi connectivity index (χ4n) is 9.94. The number of methoxy groups -OCH3 is 1. The van der Waals surface area contributed by atoms with E-state index in [1.54, 1.807) is 25.3 Å². The number of nitrogens with one attached hydrogen (secondary N) is 1. The van der Waals surface area contributed by atoms with Gasteiger partial charge in [-0.2, -0.15) is 15.1 Å². The predicted molar refractivity (Wildman–Crippen MR) is 215 cm³/mol. The zero-order valence-electron chi connectivity index (χ0n) is 33.1. The van der Waals surface area contributed by atoms with Crippen LogP contribution in [0.4, 0.5) is 30.8 Å². The number of rotatable bonds is 4. The van der Waals surface area contributed by atoms with Crippen LogP contribution in [0.1, 0.15) is 44.9 Å². The van der Waals surface area contributed by atoms with Crippen molar-refractivity contribution in [2.75, 3.05) is 42.4 Å². The van der Waals surface area contributed by atoms with Crippen molar-refractivity contribution in [3.05, 3.63) is 78.0 Å². The number of carbonyl (C=O) groups excluding carboxylic acids is 1. The van der Waals surface area contributed by atoms with Crippen LogP contribution in [0.25, 0.3) is 39.0 Å². The van der Waals surface area contributed by atoms with Crippen LogP contribution in [0.3, 0.4) is 0 Å². The number of benzene rings is 2. The molecular formula is C42H44F3N11O3. The summed E-state index contributed by atoms with van der Waals surface area (Å²) in [6.07, 6.45) is 4.22. The molecule has 5 unspecified atom stereocenters. The van der Waals surface area contributed by atoms with E-state index in [0.717, 1.165) is 24.4 Å². The number of aliphatic hydroxyl groups is 1. The third-order valence-corrected chi connectivity index (χ3v) is 12.5. The summed E-state index contributed by atoms with van der Waals surface area (Å²) >= 11 is 0. The standard InChI is InChI=1S/C42H44F3N11O3/c1-22-47-33-14-24(44)12-29-32-6-5-7-36(49-32)48-25-15-35(40(57)52(3)20-28(59-4)21-53(22)37(29)33)54(19-25)38-30-18-46-56(34-11-8-23(43)13-31(34)45)39(30)51-41(50-38)55-26-9-10-27(55)17-42(2,58)16-26/h5-8,11-14,18,25-28,35,58H,9-10,15-17,19-21H2,1-4H3,(H,48,49). The SMILES string of the molecule is COC1CN(C)C(=O)C2CC(CN2c2nc(N3C4CCC3CC(C)(O)C4)nc3c2cnn3-c2ccc(F)cc2F)Nc2cccc(n2)-c2cc(F)cc3nc(C)n(c23)C1. The Labute approximate surface area is 337 Å². The van der Waals surface area contributed by atoms with Gasteiger partial charge in [0.25, 0.3) is 0 Å². The number of hydrogen-bond donors (Lipinski definition) is 2. The summed E-state index contributed by atoms with van der Waals surface area (Å²) in [5, 5.41) is 19.7. The van der Waals surface area contributed by atoms with Gasteiger partial charge in [-0.25, -0.2) is 27.8 Å². The zero-order valence-corrected chi connectivity index (χ0v) is 33.1. The Hall–Kier alpha value is -5.81. The van der Waals surface area contributed by atoms with Crippen LogP contribution in [-0.4, -0.2) is 113 Å². The molecule has 3 fully saturated rings. The predicted octanol–water partition coefficient (Wildman–Crippen LogP) is 5.38. The van der Waals surface area contributed by atoms with E-state index in [4.69, 9.17) is 19.7 Å². The molecule has 5 atom stereocenters. The van der Waals surface area contributed by atoms with Crippen molar-refractivity contribution < 1.29 is 27.8 Å². The van der Waals surface area contributed by atoms with Crippen molar-refractivity contribution in [2.24, 2.45) is 0 Å². The van der Waals surface area contributed by atoms with Gasteiger partial charge in [0.1, 0.15) is 40.8 Å². The van der Waals surface area contributed by atoms with Gasteiger partial charge in [0.2, 0.25) is 11.9 Å². The molecular weight excluding hydrogens is 764 g/mol. The van der Waals surface area contributed by atoms with Gasteiger partial charge in [0.15, 0.2) is 11.5 Å². The highest BCUT2D eigenvalue weighted by Gasteiger charge is 2.47. The normalized spacial score (nSPS) is 25.8. The molecule has 14 nitrogen and oxygen atoms in total. The smallest absolute Gasteiger partial charge is 0.245 e. The first-order valence-electron chi connectivity index (χ1n) is 20.0. The zero-order chi connectivity index (χ0) is 40.9. The van der Waals surface area contributed by atoms with Crippen molar-refractivity contribution in [1.29, 1.82) is 0 Å². The Morgan fingerprint density at radius 3 is 2.51 bits per heavy atom. The lowest BCUT2D eigenvalue weighted by Crippen LogP contribution is -2.50. The third kappa shape index (κ3) is 6.41. The molecule has 3 saturated heterocycles. The van der Waals surface area contributed by atoms with Crippen molar-refractivity contribution in [1.82, 2.24) is 39.2 Å². The van der Waals surface area contributed by atoms with Crippen LogP contribution in [0.5, 0.6) is 0 Å². The molecule has 2 N–H and O–H groups in total. The number of likely N-dealkylation sites (N-methyl/N-ethyl adjacent to an activating group) is 1. The first-order valence-corrected chi connectivity index (χ1v) is 20.0. The number of hydrogen-bond acceptors (Lipinski definition) is 11. The molecule has 17 heteroatoms. The molecule has 4 aliphatic heterocycles. The second kappa shape index (κ2) is 13.9. The van der Waals surface area contributed by atoms with E-state index in [9.17, 15) is 14.3 Å². The molecule has 6 bridgehead atoms. The highest BCUT2D eigenvalue weighted by atomic mass is 19.1. The molecule has 0 spiro atoms. The molecule has 10 rings (SSSR count). The number of piperidine rings is 1. The lowest BCUT2D eigenvalue weighted by atomic mass is 9.88. The average molecular weight is 808 g/mol. The Bertz CT molecular complexity index is 2630. The van der Waals surface area contributed by atoms with Crippen LogP contribution in [-0.2, 0) is 16.1 Å². The van der Waals surface area contributed by atoms with Gasteiger partial charge in [-0.15, -0.1) is 0 Å². The third-order valence-electron chi connectivity index (χ3n) is 12.5. The summed E-state index contributed by atoms with van der Waals surface area (Å²) in [6, 6.07) is 10.6. The number of nitrogens with zero attached hydrogens (tertiary/aromatic N) is 10. The van der Waals surface area contributed by atoms with Gasteiger partial charge in [0, 0.05) is 63.1 Å². The second-order valence-corrected chi connectivity index (χ2v) is 16.8. The van der Waals surface area contributed by atoms with Crippen molar-refractivity contribution in [3.63, 3.8) is 0 Å². The van der Waals surface area contributed by atoms with Gasteiger partial charge >= 0.3 is 0 Å².